The molecule has 1 unspecified atom stereocenters. The van der Waals surface area contributed by atoms with E-state index < -0.39 is 18.0 Å². The number of hydrogen-bond acceptors (Lipinski definition) is 7. The lowest BCUT2D eigenvalue weighted by molar-refractivity contribution is -0.139. The number of fused-ring (bicyclic) bond motifs is 3. The summed E-state index contributed by atoms with van der Waals surface area (Å²) in [5.41, 5.74) is 2.78. The van der Waals surface area contributed by atoms with E-state index in [1.807, 2.05) is 24.3 Å². The molecule has 8 heteroatoms. The van der Waals surface area contributed by atoms with Crippen LogP contribution in [0.15, 0.2) is 62.2 Å². The summed E-state index contributed by atoms with van der Waals surface area (Å²) in [7, 11) is 0. The minimum atomic E-state index is -0.848. The monoisotopic (exact) mass is 436 g/mol. The van der Waals surface area contributed by atoms with Crippen molar-refractivity contribution in [3.8, 4) is 0 Å². The van der Waals surface area contributed by atoms with Crippen LogP contribution in [0, 0.1) is 0 Å². The van der Waals surface area contributed by atoms with Crippen LogP contribution < -0.4 is 10.7 Å². The molecule has 166 valence electrons. The zero-order valence-corrected chi connectivity index (χ0v) is 18.3. The van der Waals surface area contributed by atoms with Crippen molar-refractivity contribution in [2.24, 2.45) is 0 Å². The first kappa shape index (κ1) is 21.4. The molecule has 1 atom stereocenters. The van der Waals surface area contributed by atoms with Crippen LogP contribution in [-0.4, -0.2) is 30.1 Å². The van der Waals surface area contributed by atoms with Gasteiger partial charge in [0.05, 0.1) is 36.0 Å². The van der Waals surface area contributed by atoms with Gasteiger partial charge in [0.15, 0.2) is 5.58 Å². The molecule has 1 aliphatic heterocycles. The standard InChI is InChI=1S/C24H24N2O6/c1-5-30-23(28)17-12(3)18(24(29)31-6-2)19(25-13(17)4)15-11-32-22-14-9-7-8-10-16(14)26-20(22)21(15)27/h7-11,19,25-26H,5-6H2,1-4H3. The van der Waals surface area contributed by atoms with Gasteiger partial charge in [0.25, 0.3) is 0 Å². The Bertz CT molecular complexity index is 1360. The van der Waals surface area contributed by atoms with Gasteiger partial charge < -0.3 is 24.2 Å². The molecule has 0 amide bonds. The number of dihydropyridines is 1. The molecule has 3 aromatic rings. The minimum absolute atomic E-state index is 0.148. The number of aromatic nitrogens is 1. The Morgan fingerprint density at radius 2 is 1.75 bits per heavy atom. The van der Waals surface area contributed by atoms with E-state index in [1.165, 1.54) is 6.26 Å². The van der Waals surface area contributed by atoms with Crippen LogP contribution in [-0.2, 0) is 19.1 Å². The number of para-hydroxylation sites is 1. The Hall–Kier alpha value is -3.81. The molecular formula is C24H24N2O6. The maximum atomic E-state index is 13.4. The lowest BCUT2D eigenvalue weighted by Gasteiger charge is -2.29. The van der Waals surface area contributed by atoms with Crippen molar-refractivity contribution in [2.45, 2.75) is 33.7 Å². The number of nitrogens with one attached hydrogen (secondary N) is 2. The fourth-order valence-electron chi connectivity index (χ4n) is 4.13. The normalized spacial score (nSPS) is 16.4. The van der Waals surface area contributed by atoms with E-state index in [2.05, 4.69) is 10.3 Å². The van der Waals surface area contributed by atoms with Gasteiger partial charge in [-0.15, -0.1) is 0 Å². The van der Waals surface area contributed by atoms with Gasteiger partial charge in [-0.3, -0.25) is 4.79 Å². The van der Waals surface area contributed by atoms with Gasteiger partial charge in [-0.2, -0.15) is 0 Å². The molecule has 2 aromatic heterocycles. The highest BCUT2D eigenvalue weighted by Gasteiger charge is 2.36. The van der Waals surface area contributed by atoms with Crippen molar-refractivity contribution in [1.82, 2.24) is 10.3 Å². The Morgan fingerprint density at radius 1 is 1.06 bits per heavy atom. The molecule has 3 heterocycles. The number of hydrogen-bond donors (Lipinski definition) is 2. The highest BCUT2D eigenvalue weighted by atomic mass is 16.5. The quantitative estimate of drug-likeness (QED) is 0.588. The third-order valence-corrected chi connectivity index (χ3v) is 5.54. The molecule has 0 bridgehead atoms. The molecular weight excluding hydrogens is 412 g/mol. The summed E-state index contributed by atoms with van der Waals surface area (Å²) in [6.45, 7) is 7.10. The zero-order valence-electron chi connectivity index (χ0n) is 18.3. The predicted molar refractivity (Wildman–Crippen MR) is 119 cm³/mol. The second-order valence-corrected chi connectivity index (χ2v) is 7.45. The number of aromatic amines is 1. The second-order valence-electron chi connectivity index (χ2n) is 7.45. The molecule has 32 heavy (non-hydrogen) atoms. The minimum Gasteiger partial charge on any atom is -0.463 e. The molecule has 4 rings (SSSR count). The smallest absolute Gasteiger partial charge is 0.340 e. The Kier molecular flexibility index (Phi) is 5.61. The maximum Gasteiger partial charge on any atom is 0.340 e. The van der Waals surface area contributed by atoms with E-state index in [1.54, 1.807) is 27.7 Å². The lowest BCUT2D eigenvalue weighted by Crippen LogP contribution is -2.36. The van der Waals surface area contributed by atoms with E-state index >= 15 is 0 Å². The number of H-pyrrole nitrogens is 1. The molecule has 0 saturated carbocycles. The number of carbonyl (C=O) groups excluding carboxylic acids is 2. The third kappa shape index (κ3) is 3.37. The number of allylic oxidation sites excluding steroid dienone is 1. The van der Waals surface area contributed by atoms with Crippen LogP contribution >= 0.6 is 0 Å². The van der Waals surface area contributed by atoms with E-state index in [9.17, 15) is 14.4 Å². The number of rotatable bonds is 5. The van der Waals surface area contributed by atoms with E-state index in [0.29, 0.717) is 22.4 Å². The third-order valence-electron chi connectivity index (χ3n) is 5.54. The first-order valence-electron chi connectivity index (χ1n) is 10.4. The molecule has 1 aromatic carbocycles. The SMILES string of the molecule is CCOC(=O)C1=C(C)NC(c2coc3c([nH]c4ccccc43)c2=O)C(C(=O)OCC)=C1C. The van der Waals surface area contributed by atoms with Crippen LogP contribution in [0.1, 0.15) is 39.3 Å². The fraction of sp³-hybridized carbons (Fsp3) is 0.292. The summed E-state index contributed by atoms with van der Waals surface area (Å²) in [5, 5.41) is 3.92. The summed E-state index contributed by atoms with van der Waals surface area (Å²) in [6, 6.07) is 6.60. The first-order chi connectivity index (χ1) is 15.4. The van der Waals surface area contributed by atoms with Crippen molar-refractivity contribution in [3.63, 3.8) is 0 Å². The van der Waals surface area contributed by atoms with Crippen LogP contribution in [0.3, 0.4) is 0 Å². The fourth-order valence-corrected chi connectivity index (χ4v) is 4.13. The summed E-state index contributed by atoms with van der Waals surface area (Å²) in [4.78, 5) is 42.0. The maximum absolute atomic E-state index is 13.4. The van der Waals surface area contributed by atoms with Crippen LogP contribution in [0.25, 0.3) is 22.0 Å². The van der Waals surface area contributed by atoms with Crippen LogP contribution in [0.5, 0.6) is 0 Å². The molecule has 2 N–H and O–H groups in total. The first-order valence-corrected chi connectivity index (χ1v) is 10.4. The molecule has 0 aliphatic carbocycles. The molecule has 0 saturated heterocycles. The molecule has 0 radical (unpaired) electrons. The Labute approximate surface area is 183 Å². The van der Waals surface area contributed by atoms with Gasteiger partial charge in [0.2, 0.25) is 5.43 Å². The van der Waals surface area contributed by atoms with Gasteiger partial charge in [0.1, 0.15) is 11.8 Å². The largest absolute Gasteiger partial charge is 0.463 e. The highest BCUT2D eigenvalue weighted by Crippen LogP contribution is 2.35. The van der Waals surface area contributed by atoms with Gasteiger partial charge in [0, 0.05) is 16.6 Å². The molecule has 8 nitrogen and oxygen atoms in total. The number of esters is 2. The average Bonchev–Trinajstić information content (AvgIpc) is 3.14. The number of ether oxygens (including phenoxy) is 2. The van der Waals surface area contributed by atoms with Gasteiger partial charge >= 0.3 is 11.9 Å². The second kappa shape index (κ2) is 8.37. The average molecular weight is 436 g/mol. The van der Waals surface area contributed by atoms with E-state index in [0.717, 1.165) is 10.9 Å². The molecule has 0 spiro atoms. The van der Waals surface area contributed by atoms with Gasteiger partial charge in [-0.25, -0.2) is 9.59 Å². The van der Waals surface area contributed by atoms with Crippen molar-refractivity contribution in [2.75, 3.05) is 13.2 Å². The molecule has 1 aliphatic rings. The van der Waals surface area contributed by atoms with Crippen molar-refractivity contribution in [3.05, 3.63) is 68.7 Å². The predicted octanol–water partition coefficient (Wildman–Crippen LogP) is 3.64. The summed E-state index contributed by atoms with van der Waals surface area (Å²) >= 11 is 0. The van der Waals surface area contributed by atoms with E-state index in [-0.39, 0.29) is 35.4 Å². The van der Waals surface area contributed by atoms with Crippen LogP contribution in [0.4, 0.5) is 0 Å². The highest BCUT2D eigenvalue weighted by molar-refractivity contribution is 6.04. The summed E-state index contributed by atoms with van der Waals surface area (Å²) in [6.07, 6.45) is 1.36. The molecule has 0 fully saturated rings. The summed E-state index contributed by atoms with van der Waals surface area (Å²) < 4.78 is 16.3. The Morgan fingerprint density at radius 3 is 2.47 bits per heavy atom. The van der Waals surface area contributed by atoms with Crippen molar-refractivity contribution < 1.29 is 23.5 Å². The van der Waals surface area contributed by atoms with Crippen molar-refractivity contribution >= 4 is 33.9 Å². The summed E-state index contributed by atoms with van der Waals surface area (Å²) in [5.74, 6) is -1.17. The topological polar surface area (TPSA) is 111 Å². The number of carbonyl (C=O) groups is 2. The lowest BCUT2D eigenvalue weighted by atomic mass is 9.87. The van der Waals surface area contributed by atoms with E-state index in [4.69, 9.17) is 13.9 Å². The van der Waals surface area contributed by atoms with Gasteiger partial charge in [-0.1, -0.05) is 12.1 Å². The number of benzene rings is 1. The zero-order chi connectivity index (χ0) is 23.0. The Balaban J connectivity index is 1.90. The van der Waals surface area contributed by atoms with Gasteiger partial charge in [-0.05, 0) is 45.4 Å². The van der Waals surface area contributed by atoms with Crippen molar-refractivity contribution in [1.29, 1.82) is 0 Å². The van der Waals surface area contributed by atoms with Crippen LogP contribution in [0.2, 0.25) is 0 Å².